The molecule has 0 radical (unpaired) electrons. The molecule has 0 aliphatic rings. The van der Waals surface area contributed by atoms with Crippen molar-refractivity contribution in [2.75, 3.05) is 11.9 Å². The summed E-state index contributed by atoms with van der Waals surface area (Å²) in [6, 6.07) is 3.29. The van der Waals surface area contributed by atoms with Crippen LogP contribution in [-0.2, 0) is 0 Å². The van der Waals surface area contributed by atoms with Crippen molar-refractivity contribution in [3.63, 3.8) is 0 Å². The van der Waals surface area contributed by atoms with Gasteiger partial charge in [-0.1, -0.05) is 37.0 Å². The van der Waals surface area contributed by atoms with Crippen LogP contribution in [0.4, 0.5) is 11.4 Å². The van der Waals surface area contributed by atoms with Gasteiger partial charge in [-0.15, -0.1) is 0 Å². The number of nitrogens with two attached hydrogens (primary N) is 3. The molecular weight excluding hydrogens is 299 g/mol. The van der Waals surface area contributed by atoms with E-state index in [-0.39, 0.29) is 11.9 Å². The smallest absolute Gasteiger partial charge is 0.223 e. The summed E-state index contributed by atoms with van der Waals surface area (Å²) in [6.45, 7) is 4.92. The van der Waals surface area contributed by atoms with Gasteiger partial charge in [-0.2, -0.15) is 4.99 Å². The van der Waals surface area contributed by atoms with Crippen LogP contribution in [0.5, 0.6) is 0 Å². The Morgan fingerprint density at radius 3 is 2.35 bits per heavy atom. The fourth-order valence-electron chi connectivity index (χ4n) is 1.37. The van der Waals surface area contributed by atoms with Crippen molar-refractivity contribution in [1.29, 1.82) is 0 Å². The highest BCUT2D eigenvalue weighted by atomic mass is 35.5. The largest absolute Gasteiger partial charge is 0.383 e. The quantitative estimate of drug-likeness (QED) is 0.503. The maximum absolute atomic E-state index is 6.00. The van der Waals surface area contributed by atoms with Crippen LogP contribution >= 0.6 is 23.2 Å². The number of hydrogen-bond donors (Lipinski definition) is 4. The summed E-state index contributed by atoms with van der Waals surface area (Å²) in [7, 11) is 0. The van der Waals surface area contributed by atoms with Gasteiger partial charge < -0.3 is 22.5 Å². The number of nitrogens with one attached hydrogen (secondary N) is 1. The molecule has 8 heteroatoms. The third-order valence-electron chi connectivity index (χ3n) is 2.22. The second-order valence-electron chi connectivity index (χ2n) is 4.56. The van der Waals surface area contributed by atoms with Crippen LogP contribution in [0.3, 0.4) is 0 Å². The third kappa shape index (κ3) is 5.14. The lowest BCUT2D eigenvalue weighted by atomic mass is 10.2. The van der Waals surface area contributed by atoms with Gasteiger partial charge in [0.05, 0.1) is 21.4 Å². The first-order valence-electron chi connectivity index (χ1n) is 5.96. The number of aliphatic imine (C=N–C) groups is 2. The lowest BCUT2D eigenvalue weighted by molar-refractivity contribution is 0.689. The Labute approximate surface area is 128 Å². The van der Waals surface area contributed by atoms with Crippen molar-refractivity contribution in [3.8, 4) is 0 Å². The molecule has 0 spiro atoms. The summed E-state index contributed by atoms with van der Waals surface area (Å²) in [6.07, 6.45) is 0. The van der Waals surface area contributed by atoms with Gasteiger partial charge in [0.15, 0.2) is 5.96 Å². The zero-order valence-electron chi connectivity index (χ0n) is 11.3. The van der Waals surface area contributed by atoms with E-state index < -0.39 is 0 Å². The molecule has 0 saturated carbocycles. The predicted molar refractivity (Wildman–Crippen MR) is 86.9 cm³/mol. The summed E-state index contributed by atoms with van der Waals surface area (Å²) in [5.74, 6) is 0.232. The van der Waals surface area contributed by atoms with Crippen LogP contribution in [-0.4, -0.2) is 18.5 Å². The van der Waals surface area contributed by atoms with Crippen LogP contribution in [0, 0.1) is 5.92 Å². The van der Waals surface area contributed by atoms with Gasteiger partial charge in [-0.05, 0) is 18.1 Å². The Kier molecular flexibility index (Phi) is 5.91. The standard InChI is InChI=1S/C12H18Cl2N6/c1-6(2)5-18-9-3-7(13)8(14)4-10(9)19-12(17)20-11(15)16/h3-4,6,18H,5H2,1-2H3,(H6,15,16,17,19,20). The number of rotatable bonds is 4. The highest BCUT2D eigenvalue weighted by Crippen LogP contribution is 2.34. The van der Waals surface area contributed by atoms with E-state index in [2.05, 4.69) is 29.1 Å². The minimum Gasteiger partial charge on any atom is -0.383 e. The molecule has 0 aliphatic carbocycles. The molecule has 0 aliphatic heterocycles. The Morgan fingerprint density at radius 2 is 1.80 bits per heavy atom. The number of anilines is 1. The average Bonchev–Trinajstić information content (AvgIpc) is 2.30. The zero-order chi connectivity index (χ0) is 15.3. The van der Waals surface area contributed by atoms with Crippen molar-refractivity contribution in [3.05, 3.63) is 22.2 Å². The molecule has 110 valence electrons. The maximum atomic E-state index is 6.00. The molecule has 20 heavy (non-hydrogen) atoms. The van der Waals surface area contributed by atoms with E-state index in [4.69, 9.17) is 40.4 Å². The summed E-state index contributed by atoms with van der Waals surface area (Å²) in [4.78, 5) is 7.78. The van der Waals surface area contributed by atoms with E-state index in [0.717, 1.165) is 6.54 Å². The highest BCUT2D eigenvalue weighted by molar-refractivity contribution is 6.42. The summed E-state index contributed by atoms with van der Waals surface area (Å²) in [5, 5.41) is 4.02. The van der Waals surface area contributed by atoms with Gasteiger partial charge in [-0.25, -0.2) is 4.99 Å². The van der Waals surface area contributed by atoms with Gasteiger partial charge in [0.1, 0.15) is 0 Å². The predicted octanol–water partition coefficient (Wildman–Crippen LogP) is 2.28. The molecule has 0 unspecified atom stereocenters. The Morgan fingerprint density at radius 1 is 1.20 bits per heavy atom. The van der Waals surface area contributed by atoms with E-state index in [1.165, 1.54) is 0 Å². The monoisotopic (exact) mass is 316 g/mol. The maximum Gasteiger partial charge on any atom is 0.223 e. The molecule has 1 aromatic carbocycles. The second kappa shape index (κ2) is 7.21. The molecule has 0 atom stereocenters. The zero-order valence-corrected chi connectivity index (χ0v) is 12.8. The average molecular weight is 317 g/mol. The molecule has 1 aromatic rings. The second-order valence-corrected chi connectivity index (χ2v) is 5.38. The molecule has 1 rings (SSSR count). The van der Waals surface area contributed by atoms with E-state index in [0.29, 0.717) is 27.3 Å². The van der Waals surface area contributed by atoms with Crippen molar-refractivity contribution in [2.45, 2.75) is 13.8 Å². The topological polar surface area (TPSA) is 115 Å². The van der Waals surface area contributed by atoms with E-state index in [1.807, 2.05) is 0 Å². The van der Waals surface area contributed by atoms with Gasteiger partial charge in [0.2, 0.25) is 5.96 Å². The number of halogens is 2. The normalized spacial score (nSPS) is 11.6. The third-order valence-corrected chi connectivity index (χ3v) is 2.94. The number of nitrogens with zero attached hydrogens (tertiary/aromatic N) is 2. The van der Waals surface area contributed by atoms with E-state index in [1.54, 1.807) is 12.1 Å². The van der Waals surface area contributed by atoms with Crippen molar-refractivity contribution in [2.24, 2.45) is 33.1 Å². The molecule has 0 fully saturated rings. The van der Waals surface area contributed by atoms with Crippen LogP contribution in [0.2, 0.25) is 10.0 Å². The first-order chi connectivity index (χ1) is 9.29. The fraction of sp³-hybridized carbons (Fsp3) is 0.333. The number of guanidine groups is 2. The van der Waals surface area contributed by atoms with Gasteiger partial charge in [-0.3, -0.25) is 0 Å². The molecule has 0 amide bonds. The summed E-state index contributed by atoms with van der Waals surface area (Å²) < 4.78 is 0. The van der Waals surface area contributed by atoms with Gasteiger partial charge >= 0.3 is 0 Å². The van der Waals surface area contributed by atoms with Gasteiger partial charge in [0.25, 0.3) is 0 Å². The molecule has 0 bridgehead atoms. The molecule has 0 aromatic heterocycles. The van der Waals surface area contributed by atoms with Crippen LogP contribution in [0.1, 0.15) is 13.8 Å². The minimum atomic E-state index is -0.164. The lowest BCUT2D eigenvalue weighted by Crippen LogP contribution is -2.26. The van der Waals surface area contributed by atoms with Crippen LogP contribution in [0.25, 0.3) is 0 Å². The van der Waals surface area contributed by atoms with Crippen molar-refractivity contribution >= 4 is 46.5 Å². The van der Waals surface area contributed by atoms with Crippen molar-refractivity contribution < 1.29 is 0 Å². The minimum absolute atomic E-state index is 0.0593. The molecule has 0 heterocycles. The Bertz CT molecular complexity index is 535. The Hall–Kier alpha value is -1.66. The molecule has 0 saturated heterocycles. The molecule has 6 nitrogen and oxygen atoms in total. The highest BCUT2D eigenvalue weighted by Gasteiger charge is 2.08. The molecular formula is C12H18Cl2N6. The van der Waals surface area contributed by atoms with Crippen LogP contribution in [0.15, 0.2) is 22.1 Å². The van der Waals surface area contributed by atoms with E-state index >= 15 is 0 Å². The Balaban J connectivity index is 3.15. The fourth-order valence-corrected chi connectivity index (χ4v) is 1.69. The number of benzene rings is 1. The summed E-state index contributed by atoms with van der Waals surface area (Å²) >= 11 is 12.0. The SMILES string of the molecule is CC(C)CNc1cc(Cl)c(Cl)cc1N=C(N)N=C(N)N. The van der Waals surface area contributed by atoms with E-state index in [9.17, 15) is 0 Å². The summed E-state index contributed by atoms with van der Waals surface area (Å²) in [5.41, 5.74) is 17.3. The molecule has 7 N–H and O–H groups in total. The van der Waals surface area contributed by atoms with Crippen LogP contribution < -0.4 is 22.5 Å². The van der Waals surface area contributed by atoms with Crippen molar-refractivity contribution in [1.82, 2.24) is 0 Å². The lowest BCUT2D eigenvalue weighted by Gasteiger charge is -2.12. The van der Waals surface area contributed by atoms with Gasteiger partial charge in [0, 0.05) is 6.54 Å². The number of hydrogen-bond acceptors (Lipinski definition) is 2. The first-order valence-corrected chi connectivity index (χ1v) is 6.72. The first kappa shape index (κ1) is 16.4.